The molecule has 0 aliphatic rings. The standard InChI is InChI=1S/C16H19ClFN5O/c1-8(2)10(19)6-11-13(18)12-14(20-7-9-4-3-5-24-9)22-16(17)23-15(12)21-11/h3-5,8,10H,6-7,19H2,1-2H3,(H2,20,21,22,23). The quantitative estimate of drug-likeness (QED) is 0.591. The molecule has 3 heterocycles. The van der Waals surface area contributed by atoms with Crippen LogP contribution in [0.3, 0.4) is 0 Å². The van der Waals surface area contributed by atoms with E-state index in [1.807, 2.05) is 19.9 Å². The predicted octanol–water partition coefficient (Wildman–Crippen LogP) is 3.48. The summed E-state index contributed by atoms with van der Waals surface area (Å²) in [5.74, 6) is 0.858. The van der Waals surface area contributed by atoms with Gasteiger partial charge in [-0.1, -0.05) is 13.8 Å². The average molecular weight is 352 g/mol. The molecule has 0 aromatic carbocycles. The number of nitrogens with zero attached hydrogens (tertiary/aromatic N) is 2. The fourth-order valence-corrected chi connectivity index (χ4v) is 2.57. The highest BCUT2D eigenvalue weighted by molar-refractivity contribution is 6.28. The van der Waals surface area contributed by atoms with Crippen LogP contribution in [0.1, 0.15) is 25.3 Å². The Labute approximate surface area is 143 Å². The Kier molecular flexibility index (Phi) is 4.73. The number of anilines is 1. The van der Waals surface area contributed by atoms with Crippen LogP contribution in [0.15, 0.2) is 22.8 Å². The molecule has 0 fully saturated rings. The second kappa shape index (κ2) is 6.78. The SMILES string of the molecule is CC(C)C(N)Cc1[nH]c2nc(Cl)nc(NCc3ccco3)c2c1F. The molecule has 3 aromatic heterocycles. The van der Waals surface area contributed by atoms with E-state index in [0.29, 0.717) is 35.9 Å². The van der Waals surface area contributed by atoms with Gasteiger partial charge in [-0.2, -0.15) is 9.97 Å². The van der Waals surface area contributed by atoms with E-state index in [1.165, 1.54) is 0 Å². The first-order chi connectivity index (χ1) is 11.5. The van der Waals surface area contributed by atoms with E-state index in [2.05, 4.69) is 20.3 Å². The van der Waals surface area contributed by atoms with Gasteiger partial charge in [0.2, 0.25) is 5.28 Å². The van der Waals surface area contributed by atoms with Gasteiger partial charge in [0.05, 0.1) is 23.9 Å². The number of nitrogens with two attached hydrogens (primary N) is 1. The Bertz CT molecular complexity index is 831. The molecular formula is C16H19ClFN5O. The number of H-pyrrole nitrogens is 1. The van der Waals surface area contributed by atoms with Gasteiger partial charge >= 0.3 is 0 Å². The van der Waals surface area contributed by atoms with Crippen LogP contribution in [0, 0.1) is 11.7 Å². The summed E-state index contributed by atoms with van der Waals surface area (Å²) >= 11 is 5.95. The summed E-state index contributed by atoms with van der Waals surface area (Å²) in [4.78, 5) is 11.1. The number of rotatable bonds is 6. The zero-order valence-corrected chi connectivity index (χ0v) is 14.2. The Morgan fingerprint density at radius 2 is 2.21 bits per heavy atom. The smallest absolute Gasteiger partial charge is 0.226 e. The van der Waals surface area contributed by atoms with Gasteiger partial charge in [0, 0.05) is 12.5 Å². The van der Waals surface area contributed by atoms with Crippen molar-refractivity contribution in [3.63, 3.8) is 0 Å². The minimum Gasteiger partial charge on any atom is -0.467 e. The number of aromatic amines is 1. The van der Waals surface area contributed by atoms with Crippen molar-refractivity contribution in [2.45, 2.75) is 32.9 Å². The average Bonchev–Trinajstić information content (AvgIpc) is 3.13. The molecule has 0 aliphatic heterocycles. The molecular weight excluding hydrogens is 333 g/mol. The van der Waals surface area contributed by atoms with E-state index in [-0.39, 0.29) is 22.6 Å². The van der Waals surface area contributed by atoms with Crippen LogP contribution < -0.4 is 11.1 Å². The highest BCUT2D eigenvalue weighted by Gasteiger charge is 2.21. The summed E-state index contributed by atoms with van der Waals surface area (Å²) in [6.07, 6.45) is 1.96. The van der Waals surface area contributed by atoms with Gasteiger partial charge in [0.15, 0.2) is 5.82 Å². The zero-order chi connectivity index (χ0) is 17.3. The maximum absolute atomic E-state index is 14.8. The molecule has 0 radical (unpaired) electrons. The van der Waals surface area contributed by atoms with Crippen molar-refractivity contribution in [3.05, 3.63) is 41.0 Å². The molecule has 24 heavy (non-hydrogen) atoms. The summed E-state index contributed by atoms with van der Waals surface area (Å²) in [5.41, 5.74) is 6.81. The molecule has 1 atom stereocenters. The lowest BCUT2D eigenvalue weighted by molar-refractivity contribution is 0.477. The Morgan fingerprint density at radius 1 is 1.42 bits per heavy atom. The monoisotopic (exact) mass is 351 g/mol. The van der Waals surface area contributed by atoms with E-state index in [1.54, 1.807) is 12.3 Å². The largest absolute Gasteiger partial charge is 0.467 e. The third-order valence-electron chi connectivity index (χ3n) is 3.94. The van der Waals surface area contributed by atoms with Gasteiger partial charge in [-0.05, 0) is 29.7 Å². The van der Waals surface area contributed by atoms with Gasteiger partial charge in [-0.3, -0.25) is 0 Å². The maximum atomic E-state index is 14.8. The lowest BCUT2D eigenvalue weighted by Gasteiger charge is -2.14. The van der Waals surface area contributed by atoms with Gasteiger partial charge in [-0.15, -0.1) is 0 Å². The first kappa shape index (κ1) is 16.7. The van der Waals surface area contributed by atoms with Crippen LogP contribution in [0.5, 0.6) is 0 Å². The summed E-state index contributed by atoms with van der Waals surface area (Å²) in [6, 6.07) is 3.44. The second-order valence-electron chi connectivity index (χ2n) is 6.03. The van der Waals surface area contributed by atoms with Crippen LogP contribution in [-0.4, -0.2) is 21.0 Å². The topological polar surface area (TPSA) is 92.8 Å². The van der Waals surface area contributed by atoms with E-state index in [4.69, 9.17) is 21.8 Å². The minimum atomic E-state index is -0.403. The van der Waals surface area contributed by atoms with Crippen molar-refractivity contribution in [1.82, 2.24) is 15.0 Å². The molecule has 3 rings (SSSR count). The number of aromatic nitrogens is 3. The molecule has 4 N–H and O–H groups in total. The first-order valence-electron chi connectivity index (χ1n) is 7.71. The number of furan rings is 1. The summed E-state index contributed by atoms with van der Waals surface area (Å²) in [6.45, 7) is 4.36. The number of hydrogen-bond donors (Lipinski definition) is 3. The molecule has 0 spiro atoms. The van der Waals surface area contributed by atoms with Crippen molar-refractivity contribution in [2.75, 3.05) is 5.32 Å². The van der Waals surface area contributed by atoms with Crippen LogP contribution in [0.2, 0.25) is 5.28 Å². The molecule has 0 saturated carbocycles. The molecule has 0 amide bonds. The van der Waals surface area contributed by atoms with Gasteiger partial charge in [0.25, 0.3) is 0 Å². The number of hydrogen-bond acceptors (Lipinski definition) is 5. The molecule has 1 unspecified atom stereocenters. The summed E-state index contributed by atoms with van der Waals surface area (Å²) in [5, 5.41) is 3.35. The van der Waals surface area contributed by atoms with Crippen LogP contribution in [0.4, 0.5) is 10.2 Å². The van der Waals surface area contributed by atoms with Crippen LogP contribution in [0.25, 0.3) is 11.0 Å². The van der Waals surface area contributed by atoms with Crippen molar-refractivity contribution >= 4 is 28.5 Å². The molecule has 3 aromatic rings. The van der Waals surface area contributed by atoms with Crippen molar-refractivity contribution in [2.24, 2.45) is 11.7 Å². The normalized spacial score (nSPS) is 12.9. The lowest BCUT2D eigenvalue weighted by Crippen LogP contribution is -2.29. The third kappa shape index (κ3) is 3.37. The van der Waals surface area contributed by atoms with Crippen LogP contribution >= 0.6 is 11.6 Å². The van der Waals surface area contributed by atoms with Crippen LogP contribution in [-0.2, 0) is 13.0 Å². The maximum Gasteiger partial charge on any atom is 0.226 e. The van der Waals surface area contributed by atoms with Crippen molar-refractivity contribution in [1.29, 1.82) is 0 Å². The molecule has 0 bridgehead atoms. The second-order valence-corrected chi connectivity index (χ2v) is 6.37. The molecule has 8 heteroatoms. The Morgan fingerprint density at radius 3 is 2.88 bits per heavy atom. The molecule has 0 aliphatic carbocycles. The third-order valence-corrected chi connectivity index (χ3v) is 4.11. The number of halogens is 2. The summed E-state index contributed by atoms with van der Waals surface area (Å²) < 4.78 is 20.1. The Balaban J connectivity index is 1.94. The lowest BCUT2D eigenvalue weighted by atomic mass is 10.0. The van der Waals surface area contributed by atoms with Crippen molar-refractivity contribution in [3.8, 4) is 0 Å². The van der Waals surface area contributed by atoms with E-state index >= 15 is 0 Å². The highest BCUT2D eigenvalue weighted by atomic mass is 35.5. The predicted molar refractivity (Wildman–Crippen MR) is 91.4 cm³/mol. The van der Waals surface area contributed by atoms with Gasteiger partial charge < -0.3 is 20.5 Å². The van der Waals surface area contributed by atoms with Crippen molar-refractivity contribution < 1.29 is 8.81 Å². The Hall–Kier alpha value is -2.12. The minimum absolute atomic E-state index is 0.0328. The summed E-state index contributed by atoms with van der Waals surface area (Å²) in [7, 11) is 0. The molecule has 0 saturated heterocycles. The van der Waals surface area contributed by atoms with Gasteiger partial charge in [0.1, 0.15) is 17.2 Å². The fourth-order valence-electron chi connectivity index (χ4n) is 2.40. The van der Waals surface area contributed by atoms with E-state index in [9.17, 15) is 4.39 Å². The fraction of sp³-hybridized carbons (Fsp3) is 0.375. The molecule has 6 nitrogen and oxygen atoms in total. The van der Waals surface area contributed by atoms with E-state index < -0.39 is 5.82 Å². The number of nitrogens with one attached hydrogen (secondary N) is 2. The molecule has 128 valence electrons. The first-order valence-corrected chi connectivity index (χ1v) is 8.09. The highest BCUT2D eigenvalue weighted by Crippen LogP contribution is 2.28. The van der Waals surface area contributed by atoms with Gasteiger partial charge in [-0.25, -0.2) is 4.39 Å². The van der Waals surface area contributed by atoms with E-state index in [0.717, 1.165) is 0 Å². The number of fused-ring (bicyclic) bond motifs is 1. The zero-order valence-electron chi connectivity index (χ0n) is 13.4.